The third kappa shape index (κ3) is 5.39. The first-order valence-electron chi connectivity index (χ1n) is 11.8. The van der Waals surface area contributed by atoms with Gasteiger partial charge in [0.2, 0.25) is 0 Å². The number of benzene rings is 1. The average Bonchev–Trinajstić information content (AvgIpc) is 3.35. The number of aliphatic hydroxyl groups is 1. The van der Waals surface area contributed by atoms with Crippen molar-refractivity contribution in [1.82, 2.24) is 9.97 Å². The van der Waals surface area contributed by atoms with Crippen LogP contribution in [0.1, 0.15) is 44.1 Å². The van der Waals surface area contributed by atoms with E-state index >= 15 is 0 Å². The van der Waals surface area contributed by atoms with Gasteiger partial charge >= 0.3 is 5.97 Å². The van der Waals surface area contributed by atoms with Gasteiger partial charge in [0.05, 0.1) is 13.6 Å². The highest BCUT2D eigenvalue weighted by Gasteiger charge is 2.49. The lowest BCUT2D eigenvalue weighted by Gasteiger charge is -2.41. The highest BCUT2D eigenvalue weighted by molar-refractivity contribution is 5.90. The molecule has 3 unspecified atom stereocenters. The van der Waals surface area contributed by atoms with Crippen molar-refractivity contribution in [3.05, 3.63) is 54.5 Å². The Morgan fingerprint density at radius 3 is 2.61 bits per heavy atom. The molecular weight excluding hydrogens is 420 g/mol. The molecule has 33 heavy (non-hydrogen) atoms. The molecule has 3 atom stereocenters. The summed E-state index contributed by atoms with van der Waals surface area (Å²) in [6.45, 7) is 1.60. The number of quaternary nitrogens is 1. The van der Waals surface area contributed by atoms with Crippen LogP contribution in [0, 0.1) is 5.92 Å². The Hall–Kier alpha value is -2.84. The lowest BCUT2D eigenvalue weighted by molar-refractivity contribution is -0.909. The number of nitrogens with one attached hydrogen (secondary N) is 1. The standard InChI is InChI=1S/C25H32N4O4/c1-29(17-23(30)28-22-13-14-26-18-27-22)15-7-12-21(16-29)33-24(31)25(32,20-10-5-6-11-20)19-8-3-2-4-9-19/h2-4,8-9,13-14,18,20-21,32H,5-7,10-12,15-17H2,1H3/p+1. The summed E-state index contributed by atoms with van der Waals surface area (Å²) in [5.74, 6) is -0.388. The van der Waals surface area contributed by atoms with E-state index in [1.54, 1.807) is 24.4 Å². The number of rotatable bonds is 7. The highest BCUT2D eigenvalue weighted by Crippen LogP contribution is 2.42. The van der Waals surface area contributed by atoms with Crippen molar-refractivity contribution in [2.45, 2.75) is 50.2 Å². The molecule has 2 heterocycles. The summed E-state index contributed by atoms with van der Waals surface area (Å²) >= 11 is 0. The molecule has 8 nitrogen and oxygen atoms in total. The largest absolute Gasteiger partial charge is 0.454 e. The van der Waals surface area contributed by atoms with Crippen molar-refractivity contribution in [2.75, 3.05) is 32.0 Å². The van der Waals surface area contributed by atoms with E-state index in [1.807, 2.05) is 25.2 Å². The number of amides is 1. The van der Waals surface area contributed by atoms with Gasteiger partial charge in [0.1, 0.15) is 18.7 Å². The van der Waals surface area contributed by atoms with E-state index in [2.05, 4.69) is 15.3 Å². The van der Waals surface area contributed by atoms with Gasteiger partial charge in [0, 0.05) is 18.5 Å². The van der Waals surface area contributed by atoms with Crippen LogP contribution >= 0.6 is 0 Å². The first-order valence-corrected chi connectivity index (χ1v) is 11.8. The fourth-order valence-electron chi connectivity index (χ4n) is 5.31. The Morgan fingerprint density at radius 1 is 1.15 bits per heavy atom. The molecule has 2 aromatic rings. The monoisotopic (exact) mass is 453 g/mol. The van der Waals surface area contributed by atoms with Gasteiger partial charge in [-0.3, -0.25) is 4.79 Å². The third-order valence-corrected chi connectivity index (χ3v) is 6.99. The van der Waals surface area contributed by atoms with Crippen molar-refractivity contribution >= 4 is 17.7 Å². The number of aromatic nitrogens is 2. The van der Waals surface area contributed by atoms with E-state index in [-0.39, 0.29) is 24.5 Å². The Morgan fingerprint density at radius 2 is 1.91 bits per heavy atom. The second-order valence-electron chi connectivity index (χ2n) is 9.61. The molecule has 4 rings (SSSR count). The predicted octanol–water partition coefficient (Wildman–Crippen LogP) is 2.65. The van der Waals surface area contributed by atoms with Gasteiger partial charge in [-0.05, 0) is 30.9 Å². The van der Waals surface area contributed by atoms with Crippen LogP contribution in [0.4, 0.5) is 5.82 Å². The summed E-state index contributed by atoms with van der Waals surface area (Å²) < 4.78 is 6.42. The molecular formula is C25H33N4O4+. The van der Waals surface area contributed by atoms with E-state index < -0.39 is 11.6 Å². The van der Waals surface area contributed by atoms with E-state index in [1.165, 1.54) is 6.33 Å². The zero-order chi connectivity index (χ0) is 23.3. The number of carbonyl (C=O) groups excluding carboxylic acids is 2. The molecule has 8 heteroatoms. The Labute approximate surface area is 194 Å². The average molecular weight is 454 g/mol. The highest BCUT2D eigenvalue weighted by atomic mass is 16.6. The minimum Gasteiger partial charge on any atom is -0.454 e. The number of likely N-dealkylation sites (tertiary alicyclic amines) is 1. The molecule has 0 radical (unpaired) electrons. The molecule has 1 saturated carbocycles. The van der Waals surface area contributed by atoms with Gasteiger partial charge in [-0.15, -0.1) is 0 Å². The zero-order valence-electron chi connectivity index (χ0n) is 19.2. The minimum atomic E-state index is -1.64. The number of ether oxygens (including phenoxy) is 1. The maximum Gasteiger partial charge on any atom is 0.343 e. The van der Waals surface area contributed by atoms with Crippen LogP contribution in [0.5, 0.6) is 0 Å². The molecule has 1 aliphatic carbocycles. The molecule has 1 aromatic heterocycles. The summed E-state index contributed by atoms with van der Waals surface area (Å²) in [6, 6.07) is 10.8. The van der Waals surface area contributed by atoms with E-state index in [4.69, 9.17) is 4.74 Å². The Balaban J connectivity index is 1.43. The molecule has 176 valence electrons. The third-order valence-electron chi connectivity index (χ3n) is 6.99. The fraction of sp³-hybridized carbons (Fsp3) is 0.520. The fourth-order valence-corrected chi connectivity index (χ4v) is 5.31. The Kier molecular flexibility index (Phi) is 7.05. The maximum absolute atomic E-state index is 13.4. The number of hydrogen-bond donors (Lipinski definition) is 2. The van der Waals surface area contributed by atoms with E-state index in [0.717, 1.165) is 45.1 Å². The number of likely N-dealkylation sites (N-methyl/N-ethyl adjacent to an activating group) is 1. The molecule has 1 amide bonds. The molecule has 0 spiro atoms. The second-order valence-corrected chi connectivity index (χ2v) is 9.61. The quantitative estimate of drug-likeness (QED) is 0.494. The number of carbonyl (C=O) groups is 2. The molecule has 1 aromatic carbocycles. The van der Waals surface area contributed by atoms with Gasteiger partial charge in [0.25, 0.3) is 5.91 Å². The van der Waals surface area contributed by atoms with Crippen LogP contribution < -0.4 is 5.32 Å². The van der Waals surface area contributed by atoms with Crippen LogP contribution in [0.15, 0.2) is 48.9 Å². The van der Waals surface area contributed by atoms with Crippen LogP contribution in [-0.4, -0.2) is 64.2 Å². The van der Waals surface area contributed by atoms with E-state index in [0.29, 0.717) is 22.4 Å². The van der Waals surface area contributed by atoms with Crippen molar-refractivity contribution in [1.29, 1.82) is 0 Å². The summed E-state index contributed by atoms with van der Waals surface area (Å²) in [5, 5.41) is 14.5. The Bertz CT molecular complexity index is 951. The van der Waals surface area contributed by atoms with Crippen LogP contribution in [0.25, 0.3) is 0 Å². The summed E-state index contributed by atoms with van der Waals surface area (Å²) in [5.41, 5.74) is -1.04. The van der Waals surface area contributed by atoms with Crippen molar-refractivity contribution in [3.63, 3.8) is 0 Å². The molecule has 2 fully saturated rings. The van der Waals surface area contributed by atoms with E-state index in [9.17, 15) is 14.7 Å². The van der Waals surface area contributed by atoms with Crippen LogP contribution in [0.2, 0.25) is 0 Å². The number of piperidine rings is 1. The molecule has 1 aliphatic heterocycles. The van der Waals surface area contributed by atoms with Gasteiger partial charge in [-0.2, -0.15) is 0 Å². The number of hydrogen-bond acceptors (Lipinski definition) is 6. The van der Waals surface area contributed by atoms with Crippen molar-refractivity contribution in [3.8, 4) is 0 Å². The number of nitrogens with zero attached hydrogens (tertiary/aromatic N) is 3. The maximum atomic E-state index is 13.4. The smallest absolute Gasteiger partial charge is 0.343 e. The first-order chi connectivity index (χ1) is 15.9. The van der Waals surface area contributed by atoms with Gasteiger partial charge < -0.3 is 19.6 Å². The lowest BCUT2D eigenvalue weighted by Crippen LogP contribution is -2.57. The molecule has 2 aliphatic rings. The number of esters is 1. The summed E-state index contributed by atoms with van der Waals surface area (Å²) in [7, 11) is 2.00. The summed E-state index contributed by atoms with van der Waals surface area (Å²) in [6.07, 6.45) is 7.81. The molecule has 1 saturated heterocycles. The molecule has 0 bridgehead atoms. The zero-order valence-corrected chi connectivity index (χ0v) is 19.2. The normalized spacial score (nSPS) is 25.2. The minimum absolute atomic E-state index is 0.143. The van der Waals surface area contributed by atoms with Crippen LogP contribution in [0.3, 0.4) is 0 Å². The van der Waals surface area contributed by atoms with Gasteiger partial charge in [0.15, 0.2) is 18.2 Å². The topological polar surface area (TPSA) is 101 Å². The second kappa shape index (κ2) is 9.97. The SMILES string of the molecule is C[N+]1(CC(=O)Nc2ccncn2)CCCC(OC(=O)C(O)(c2ccccc2)C2CCCC2)C1. The first kappa shape index (κ1) is 23.3. The van der Waals surface area contributed by atoms with Gasteiger partial charge in [-0.25, -0.2) is 14.8 Å². The predicted molar refractivity (Wildman–Crippen MR) is 123 cm³/mol. The number of anilines is 1. The summed E-state index contributed by atoms with van der Waals surface area (Å²) in [4.78, 5) is 33.9. The lowest BCUT2D eigenvalue weighted by atomic mass is 9.80. The van der Waals surface area contributed by atoms with Crippen molar-refractivity contribution < 1.29 is 23.9 Å². The van der Waals surface area contributed by atoms with Crippen LogP contribution in [-0.2, 0) is 19.9 Å². The van der Waals surface area contributed by atoms with Gasteiger partial charge in [-0.1, -0.05) is 43.2 Å². The van der Waals surface area contributed by atoms with Crippen molar-refractivity contribution in [2.24, 2.45) is 5.92 Å². The molecule has 2 N–H and O–H groups in total.